The molecule has 4 nitrogen and oxygen atoms in total. The number of rotatable bonds is 3. The van der Waals surface area contributed by atoms with Crippen molar-refractivity contribution >= 4 is 34.2 Å². The molecule has 0 aliphatic heterocycles. The van der Waals surface area contributed by atoms with E-state index in [4.69, 9.17) is 23.2 Å². The van der Waals surface area contributed by atoms with Gasteiger partial charge in [0.05, 0.1) is 17.6 Å². The fraction of sp³-hybridized carbons (Fsp3) is 0.105. The van der Waals surface area contributed by atoms with E-state index in [1.54, 1.807) is 18.5 Å². The van der Waals surface area contributed by atoms with Gasteiger partial charge in [0.25, 0.3) is 0 Å². The number of hydrogen-bond donors (Lipinski definition) is 0. The van der Waals surface area contributed by atoms with Gasteiger partial charge in [-0.3, -0.25) is 0 Å². The Labute approximate surface area is 155 Å². The Hall–Kier alpha value is -2.43. The lowest BCUT2D eigenvalue weighted by Crippen LogP contribution is -2.02. The second kappa shape index (κ2) is 6.47. The van der Waals surface area contributed by atoms with Gasteiger partial charge in [-0.2, -0.15) is 0 Å². The molecule has 0 fully saturated rings. The van der Waals surface area contributed by atoms with Gasteiger partial charge in [0.2, 0.25) is 0 Å². The number of fused-ring (bicyclic) bond motifs is 1. The molecule has 0 aliphatic rings. The molecular formula is C19H14Cl2N4. The molecule has 2 heterocycles. The van der Waals surface area contributed by atoms with Gasteiger partial charge in [-0.25, -0.2) is 15.0 Å². The summed E-state index contributed by atoms with van der Waals surface area (Å²) in [4.78, 5) is 12.8. The zero-order valence-corrected chi connectivity index (χ0v) is 15.0. The van der Waals surface area contributed by atoms with Crippen molar-refractivity contribution in [1.29, 1.82) is 0 Å². The van der Waals surface area contributed by atoms with Gasteiger partial charge in [-0.05, 0) is 48.4 Å². The predicted molar refractivity (Wildman–Crippen MR) is 101 cm³/mol. The highest BCUT2D eigenvalue weighted by atomic mass is 35.5. The van der Waals surface area contributed by atoms with Crippen molar-refractivity contribution in [2.24, 2.45) is 0 Å². The molecule has 0 saturated heterocycles. The Bertz CT molecular complexity index is 1060. The first-order valence-electron chi connectivity index (χ1n) is 7.78. The quantitative estimate of drug-likeness (QED) is 0.501. The van der Waals surface area contributed by atoms with Gasteiger partial charge in [0.1, 0.15) is 12.2 Å². The largest absolute Gasteiger partial charge is 0.324 e. The molecule has 0 spiro atoms. The number of aryl methyl sites for hydroxylation is 1. The number of nitrogens with zero attached hydrogens (tertiary/aromatic N) is 4. The van der Waals surface area contributed by atoms with Gasteiger partial charge in [-0.15, -0.1) is 0 Å². The van der Waals surface area contributed by atoms with Gasteiger partial charge >= 0.3 is 0 Å². The van der Waals surface area contributed by atoms with Crippen LogP contribution in [0.1, 0.15) is 11.4 Å². The molecule has 2 aromatic carbocycles. The lowest BCUT2D eigenvalue weighted by Gasteiger charge is -2.10. The van der Waals surface area contributed by atoms with Crippen LogP contribution in [0.5, 0.6) is 0 Å². The molecule has 0 aliphatic carbocycles. The maximum Gasteiger partial charge on any atom is 0.115 e. The maximum absolute atomic E-state index is 6.33. The van der Waals surface area contributed by atoms with Gasteiger partial charge < -0.3 is 4.57 Å². The first-order valence-corrected chi connectivity index (χ1v) is 8.53. The molecule has 124 valence electrons. The number of benzene rings is 2. The highest BCUT2D eigenvalue weighted by Crippen LogP contribution is 2.27. The normalized spacial score (nSPS) is 11.2. The summed E-state index contributed by atoms with van der Waals surface area (Å²) in [5, 5.41) is 1.36. The van der Waals surface area contributed by atoms with Crippen LogP contribution in [0.4, 0.5) is 0 Å². The van der Waals surface area contributed by atoms with Crippen LogP contribution >= 0.6 is 23.2 Å². The van der Waals surface area contributed by atoms with Crippen LogP contribution in [-0.4, -0.2) is 19.5 Å². The second-order valence-electron chi connectivity index (χ2n) is 5.81. The van der Waals surface area contributed by atoms with E-state index >= 15 is 0 Å². The van der Waals surface area contributed by atoms with Crippen LogP contribution in [0.3, 0.4) is 0 Å². The molecular weight excluding hydrogens is 355 g/mol. The molecule has 0 amide bonds. The van der Waals surface area contributed by atoms with Crippen molar-refractivity contribution in [3.8, 4) is 11.1 Å². The van der Waals surface area contributed by atoms with Gasteiger partial charge in [0, 0.05) is 28.0 Å². The SMILES string of the molecule is Cc1nc2ccc(-c3cncnc3)cc2n1Cc1cc(Cl)ccc1Cl. The van der Waals surface area contributed by atoms with Crippen LogP contribution in [0, 0.1) is 6.92 Å². The second-order valence-corrected chi connectivity index (χ2v) is 6.66. The van der Waals surface area contributed by atoms with Crippen LogP contribution in [0.25, 0.3) is 22.2 Å². The Morgan fingerprint density at radius 1 is 0.960 bits per heavy atom. The van der Waals surface area contributed by atoms with Crippen molar-refractivity contribution in [2.75, 3.05) is 0 Å². The molecule has 25 heavy (non-hydrogen) atoms. The molecule has 4 rings (SSSR count). The van der Waals surface area contributed by atoms with E-state index in [-0.39, 0.29) is 0 Å². The van der Waals surface area contributed by atoms with Crippen molar-refractivity contribution in [1.82, 2.24) is 19.5 Å². The molecule has 6 heteroatoms. The lowest BCUT2D eigenvalue weighted by molar-refractivity contribution is 0.786. The summed E-state index contributed by atoms with van der Waals surface area (Å²) in [6, 6.07) is 11.7. The summed E-state index contributed by atoms with van der Waals surface area (Å²) < 4.78 is 2.14. The summed E-state index contributed by atoms with van der Waals surface area (Å²) in [5.74, 6) is 0.924. The molecule has 0 N–H and O–H groups in total. The Morgan fingerprint density at radius 3 is 2.56 bits per heavy atom. The smallest absolute Gasteiger partial charge is 0.115 e. The topological polar surface area (TPSA) is 43.6 Å². The molecule has 0 saturated carbocycles. The number of aromatic nitrogens is 4. The van der Waals surface area contributed by atoms with Crippen molar-refractivity contribution in [2.45, 2.75) is 13.5 Å². The van der Waals surface area contributed by atoms with E-state index in [9.17, 15) is 0 Å². The average molecular weight is 369 g/mol. The summed E-state index contributed by atoms with van der Waals surface area (Å²) in [6.07, 6.45) is 5.13. The predicted octanol–water partition coefficient (Wildman–Crippen LogP) is 5.16. The third kappa shape index (κ3) is 3.11. The van der Waals surface area contributed by atoms with Crippen LogP contribution in [-0.2, 0) is 6.54 Å². The van der Waals surface area contributed by atoms with Gasteiger partial charge in [0.15, 0.2) is 0 Å². The first-order chi connectivity index (χ1) is 12.1. The third-order valence-corrected chi connectivity index (χ3v) is 4.77. The summed E-state index contributed by atoms with van der Waals surface area (Å²) in [5.41, 5.74) is 4.96. The number of imidazole rings is 1. The molecule has 0 bridgehead atoms. The minimum absolute atomic E-state index is 0.608. The highest BCUT2D eigenvalue weighted by Gasteiger charge is 2.11. The minimum atomic E-state index is 0.608. The lowest BCUT2D eigenvalue weighted by atomic mass is 10.1. The Morgan fingerprint density at radius 2 is 1.76 bits per heavy atom. The average Bonchev–Trinajstić information content (AvgIpc) is 2.94. The fourth-order valence-electron chi connectivity index (χ4n) is 2.91. The Balaban J connectivity index is 1.83. The Kier molecular flexibility index (Phi) is 4.15. The van der Waals surface area contributed by atoms with E-state index < -0.39 is 0 Å². The van der Waals surface area contributed by atoms with Crippen LogP contribution < -0.4 is 0 Å². The monoisotopic (exact) mass is 368 g/mol. The third-order valence-electron chi connectivity index (χ3n) is 4.17. The van der Waals surface area contributed by atoms with E-state index in [0.717, 1.165) is 33.5 Å². The first kappa shape index (κ1) is 16.1. The van der Waals surface area contributed by atoms with E-state index in [2.05, 4.69) is 25.6 Å². The van der Waals surface area contributed by atoms with Crippen molar-refractivity contribution < 1.29 is 0 Å². The molecule has 4 aromatic rings. The van der Waals surface area contributed by atoms with E-state index in [1.165, 1.54) is 6.33 Å². The van der Waals surface area contributed by atoms with Crippen LogP contribution in [0.15, 0.2) is 55.1 Å². The zero-order valence-electron chi connectivity index (χ0n) is 13.4. The van der Waals surface area contributed by atoms with E-state index in [1.807, 2.05) is 31.2 Å². The van der Waals surface area contributed by atoms with Gasteiger partial charge in [-0.1, -0.05) is 29.3 Å². The molecule has 0 radical (unpaired) electrons. The van der Waals surface area contributed by atoms with E-state index in [0.29, 0.717) is 16.6 Å². The fourth-order valence-corrected chi connectivity index (χ4v) is 3.28. The van der Waals surface area contributed by atoms with Crippen molar-refractivity contribution in [3.63, 3.8) is 0 Å². The maximum atomic E-state index is 6.33. The summed E-state index contributed by atoms with van der Waals surface area (Å²) in [7, 11) is 0. The number of halogens is 2. The standard InChI is InChI=1S/C19H14Cl2N4/c1-12-24-18-5-2-13(15-8-22-11-23-9-15)7-19(18)25(12)10-14-6-16(20)3-4-17(14)21/h2-9,11H,10H2,1H3. The molecule has 0 atom stereocenters. The highest BCUT2D eigenvalue weighted by molar-refractivity contribution is 6.33. The zero-order chi connectivity index (χ0) is 17.4. The molecule has 2 aromatic heterocycles. The number of hydrogen-bond acceptors (Lipinski definition) is 3. The van der Waals surface area contributed by atoms with Crippen LogP contribution in [0.2, 0.25) is 10.0 Å². The summed E-state index contributed by atoms with van der Waals surface area (Å²) in [6.45, 7) is 2.60. The summed E-state index contributed by atoms with van der Waals surface area (Å²) >= 11 is 12.5. The molecule has 0 unspecified atom stereocenters. The minimum Gasteiger partial charge on any atom is -0.324 e. The van der Waals surface area contributed by atoms with Crippen molar-refractivity contribution in [3.05, 3.63) is 76.6 Å².